The van der Waals surface area contributed by atoms with Crippen LogP contribution in [0.25, 0.3) is 0 Å². The average molecular weight is 230 g/mol. The summed E-state index contributed by atoms with van der Waals surface area (Å²) in [5.74, 6) is -0.320. The van der Waals surface area contributed by atoms with Crippen molar-refractivity contribution in [3.05, 3.63) is 0 Å². The molecule has 0 bridgehead atoms. The summed E-state index contributed by atoms with van der Waals surface area (Å²) in [5, 5.41) is 8.97. The molecule has 1 saturated carbocycles. The van der Waals surface area contributed by atoms with Crippen LogP contribution >= 0.6 is 12.6 Å². The van der Waals surface area contributed by atoms with E-state index in [2.05, 4.69) is 20.8 Å². The molecule has 0 saturated heterocycles. The van der Waals surface area contributed by atoms with Crippen molar-refractivity contribution in [2.24, 2.45) is 11.3 Å². The normalized spacial score (nSPS) is 32.7. The van der Waals surface area contributed by atoms with Crippen LogP contribution in [-0.2, 0) is 4.79 Å². The summed E-state index contributed by atoms with van der Waals surface area (Å²) in [4.78, 5) is 10.9. The molecule has 15 heavy (non-hydrogen) atoms. The molecule has 2 nitrogen and oxygen atoms in total. The fourth-order valence-corrected chi connectivity index (χ4v) is 3.74. The van der Waals surface area contributed by atoms with Crippen LogP contribution in [0.4, 0.5) is 0 Å². The number of carboxylic acids is 1. The van der Waals surface area contributed by atoms with E-state index in [1.165, 1.54) is 6.42 Å². The van der Waals surface area contributed by atoms with E-state index < -0.39 is 5.97 Å². The second-order valence-electron chi connectivity index (χ2n) is 5.84. The lowest BCUT2D eigenvalue weighted by molar-refractivity contribution is -0.138. The number of hydrogen-bond acceptors (Lipinski definition) is 2. The predicted octanol–water partition coefficient (Wildman–Crippen LogP) is 3.37. The third kappa shape index (κ3) is 3.13. The van der Waals surface area contributed by atoms with Gasteiger partial charge >= 0.3 is 5.97 Å². The molecule has 0 aromatic rings. The van der Waals surface area contributed by atoms with Crippen LogP contribution in [0.3, 0.4) is 0 Å². The molecule has 0 aromatic carbocycles. The molecular formula is C12H22O2S. The number of carboxylic acid groups (broad SMARTS) is 1. The minimum atomic E-state index is -0.721. The molecule has 88 valence electrons. The summed E-state index contributed by atoms with van der Waals surface area (Å²) in [6, 6.07) is 0. The minimum Gasteiger partial charge on any atom is -0.481 e. The van der Waals surface area contributed by atoms with Crippen molar-refractivity contribution in [3.63, 3.8) is 0 Å². The molecule has 1 rings (SSSR count). The molecule has 2 atom stereocenters. The highest BCUT2D eigenvalue weighted by molar-refractivity contribution is 7.81. The molecule has 1 N–H and O–H groups in total. The smallest absolute Gasteiger partial charge is 0.304 e. The lowest BCUT2D eigenvalue weighted by Crippen LogP contribution is -2.44. The Balaban J connectivity index is 2.85. The molecule has 0 aliphatic heterocycles. The van der Waals surface area contributed by atoms with E-state index in [-0.39, 0.29) is 16.6 Å². The first-order valence-electron chi connectivity index (χ1n) is 5.70. The van der Waals surface area contributed by atoms with Gasteiger partial charge in [-0.25, -0.2) is 0 Å². The van der Waals surface area contributed by atoms with Crippen LogP contribution in [0.1, 0.15) is 52.9 Å². The van der Waals surface area contributed by atoms with E-state index in [1.54, 1.807) is 0 Å². The van der Waals surface area contributed by atoms with Crippen LogP contribution in [-0.4, -0.2) is 15.8 Å². The number of hydrogen-bond donors (Lipinski definition) is 2. The molecule has 1 aliphatic carbocycles. The van der Waals surface area contributed by atoms with E-state index >= 15 is 0 Å². The largest absolute Gasteiger partial charge is 0.481 e. The maximum atomic E-state index is 10.9. The monoisotopic (exact) mass is 230 g/mol. The fraction of sp³-hybridized carbons (Fsp3) is 0.917. The molecule has 1 fully saturated rings. The highest BCUT2D eigenvalue weighted by atomic mass is 32.1. The van der Waals surface area contributed by atoms with Crippen LogP contribution in [0.2, 0.25) is 0 Å². The van der Waals surface area contributed by atoms with Crippen LogP contribution in [0, 0.1) is 11.3 Å². The summed E-state index contributed by atoms with van der Waals surface area (Å²) in [7, 11) is 0. The average Bonchev–Trinajstić information content (AvgIpc) is 1.99. The Labute approximate surface area is 97.9 Å². The predicted molar refractivity (Wildman–Crippen MR) is 65.4 cm³/mol. The molecule has 0 amide bonds. The summed E-state index contributed by atoms with van der Waals surface area (Å²) in [5.41, 5.74) is 0.150. The third-order valence-electron chi connectivity index (χ3n) is 3.50. The topological polar surface area (TPSA) is 37.3 Å². The van der Waals surface area contributed by atoms with Gasteiger partial charge in [-0.15, -0.1) is 0 Å². The Kier molecular flexibility index (Phi) is 3.75. The third-order valence-corrected chi connectivity index (χ3v) is 4.20. The van der Waals surface area contributed by atoms with Gasteiger partial charge < -0.3 is 5.11 Å². The molecule has 0 spiro atoms. The van der Waals surface area contributed by atoms with E-state index in [9.17, 15) is 4.79 Å². The van der Waals surface area contributed by atoms with Crippen molar-refractivity contribution in [1.29, 1.82) is 0 Å². The molecule has 0 aromatic heterocycles. The van der Waals surface area contributed by atoms with Crippen molar-refractivity contribution >= 4 is 18.6 Å². The van der Waals surface area contributed by atoms with Gasteiger partial charge in [-0.3, -0.25) is 4.79 Å². The zero-order valence-corrected chi connectivity index (χ0v) is 10.8. The SMILES string of the molecule is CC(C)(C)C1CCCCC1(S)CC(=O)O. The van der Waals surface area contributed by atoms with Gasteiger partial charge in [0.15, 0.2) is 0 Å². The van der Waals surface area contributed by atoms with Crippen molar-refractivity contribution < 1.29 is 9.90 Å². The Bertz CT molecular complexity index is 244. The van der Waals surface area contributed by atoms with Gasteiger partial charge in [-0.05, 0) is 24.2 Å². The van der Waals surface area contributed by atoms with Crippen LogP contribution < -0.4 is 0 Å². The minimum absolute atomic E-state index is 0.150. The van der Waals surface area contributed by atoms with Crippen molar-refractivity contribution in [2.75, 3.05) is 0 Å². The molecule has 0 heterocycles. The first-order chi connectivity index (χ1) is 6.76. The lowest BCUT2D eigenvalue weighted by atomic mass is 9.65. The van der Waals surface area contributed by atoms with Gasteiger partial charge in [-0.1, -0.05) is 33.6 Å². The molecule has 3 heteroatoms. The number of aliphatic carboxylic acids is 1. The summed E-state index contributed by atoms with van der Waals surface area (Å²) >= 11 is 4.70. The molecule has 2 unspecified atom stereocenters. The quantitative estimate of drug-likeness (QED) is 0.714. The zero-order valence-electron chi connectivity index (χ0n) is 9.92. The van der Waals surface area contributed by atoms with Gasteiger partial charge in [0.1, 0.15) is 0 Å². The summed E-state index contributed by atoms with van der Waals surface area (Å²) in [6.45, 7) is 6.57. The highest BCUT2D eigenvalue weighted by Crippen LogP contribution is 2.49. The Morgan fingerprint density at radius 3 is 2.53 bits per heavy atom. The van der Waals surface area contributed by atoms with Gasteiger partial charge in [0.2, 0.25) is 0 Å². The highest BCUT2D eigenvalue weighted by Gasteiger charge is 2.44. The molecule has 0 radical (unpaired) electrons. The van der Waals surface area contributed by atoms with Gasteiger partial charge in [0, 0.05) is 4.75 Å². The Hall–Kier alpha value is -0.180. The van der Waals surface area contributed by atoms with Crippen molar-refractivity contribution in [3.8, 4) is 0 Å². The Morgan fingerprint density at radius 1 is 1.47 bits per heavy atom. The number of thiol groups is 1. The standard InChI is InChI=1S/C12H22O2S/c1-11(2,3)9-6-4-5-7-12(9,15)8-10(13)14/h9,15H,4-8H2,1-3H3,(H,13,14). The second kappa shape index (κ2) is 4.36. The van der Waals surface area contributed by atoms with Gasteiger partial charge in [0.05, 0.1) is 6.42 Å². The maximum absolute atomic E-state index is 10.9. The summed E-state index contributed by atoms with van der Waals surface area (Å²) in [6.07, 6.45) is 4.57. The van der Waals surface area contributed by atoms with E-state index in [4.69, 9.17) is 17.7 Å². The zero-order chi connectivity index (χ0) is 11.7. The summed E-state index contributed by atoms with van der Waals surface area (Å²) < 4.78 is -0.303. The first kappa shape index (κ1) is 12.9. The first-order valence-corrected chi connectivity index (χ1v) is 6.14. The molecular weight excluding hydrogens is 208 g/mol. The van der Waals surface area contributed by atoms with Gasteiger partial charge in [0.25, 0.3) is 0 Å². The second-order valence-corrected chi connectivity index (χ2v) is 6.73. The van der Waals surface area contributed by atoms with Gasteiger partial charge in [-0.2, -0.15) is 12.6 Å². The number of rotatable bonds is 2. The molecule has 1 aliphatic rings. The lowest BCUT2D eigenvalue weighted by Gasteiger charge is -2.46. The van der Waals surface area contributed by atoms with Crippen LogP contribution in [0.5, 0.6) is 0 Å². The van der Waals surface area contributed by atoms with E-state index in [0.717, 1.165) is 19.3 Å². The Morgan fingerprint density at radius 2 is 2.07 bits per heavy atom. The van der Waals surface area contributed by atoms with E-state index in [1.807, 2.05) is 0 Å². The maximum Gasteiger partial charge on any atom is 0.304 e. The van der Waals surface area contributed by atoms with Crippen LogP contribution in [0.15, 0.2) is 0 Å². The number of carbonyl (C=O) groups is 1. The van der Waals surface area contributed by atoms with Crippen molar-refractivity contribution in [2.45, 2.75) is 57.6 Å². The fourth-order valence-electron chi connectivity index (χ4n) is 2.93. The van der Waals surface area contributed by atoms with E-state index in [0.29, 0.717) is 5.92 Å². The van der Waals surface area contributed by atoms with Crippen molar-refractivity contribution in [1.82, 2.24) is 0 Å².